The number of hydrogen-bond donors (Lipinski definition) is 1. The van der Waals surface area contributed by atoms with Gasteiger partial charge in [-0.15, -0.1) is 0 Å². The third-order valence-corrected chi connectivity index (χ3v) is 6.32. The fourth-order valence-electron chi connectivity index (χ4n) is 3.41. The Kier molecular flexibility index (Phi) is 4.17. The summed E-state index contributed by atoms with van der Waals surface area (Å²) in [6.45, 7) is 2.87. The summed E-state index contributed by atoms with van der Waals surface area (Å²) in [5, 5.41) is 0. The second-order valence-electron chi connectivity index (χ2n) is 6.53. The highest BCUT2D eigenvalue weighted by atomic mass is 32.2. The molecule has 1 aliphatic heterocycles. The van der Waals surface area contributed by atoms with E-state index in [2.05, 4.69) is 4.72 Å². The van der Waals surface area contributed by atoms with Crippen LogP contribution in [0.4, 0.5) is 0 Å². The number of hydrogen-bond acceptors (Lipinski definition) is 4. The molecule has 0 saturated carbocycles. The summed E-state index contributed by atoms with van der Waals surface area (Å²) < 4.78 is 39.3. The number of ether oxygens (including phenoxy) is 2. The highest BCUT2D eigenvalue weighted by Gasteiger charge is 2.22. The van der Waals surface area contributed by atoms with Gasteiger partial charge in [-0.1, -0.05) is 12.1 Å². The SMILES string of the molecule is C[C@@H](NS(=O)(=O)c1ccc2c(c1)CCC2)c1ccc2c(c1)OCCO2. The number of rotatable bonds is 4. The van der Waals surface area contributed by atoms with Gasteiger partial charge in [-0.05, 0) is 67.1 Å². The molecule has 0 unspecified atom stereocenters. The van der Waals surface area contributed by atoms with Gasteiger partial charge in [0.05, 0.1) is 4.90 Å². The lowest BCUT2D eigenvalue weighted by atomic mass is 10.1. The Labute approximate surface area is 148 Å². The molecule has 4 rings (SSSR count). The van der Waals surface area contributed by atoms with E-state index in [0.717, 1.165) is 30.4 Å². The van der Waals surface area contributed by atoms with Crippen molar-refractivity contribution in [1.82, 2.24) is 4.72 Å². The number of sulfonamides is 1. The van der Waals surface area contributed by atoms with Gasteiger partial charge in [0.1, 0.15) is 13.2 Å². The van der Waals surface area contributed by atoms with Gasteiger partial charge in [0, 0.05) is 6.04 Å². The monoisotopic (exact) mass is 359 g/mol. The molecular formula is C19H21NO4S. The Morgan fingerprint density at radius 2 is 1.72 bits per heavy atom. The van der Waals surface area contributed by atoms with Gasteiger partial charge in [-0.2, -0.15) is 0 Å². The Morgan fingerprint density at radius 3 is 2.56 bits per heavy atom. The van der Waals surface area contributed by atoms with Crippen LogP contribution in [0.5, 0.6) is 11.5 Å². The number of benzene rings is 2. The summed E-state index contributed by atoms with van der Waals surface area (Å²) in [7, 11) is -3.57. The van der Waals surface area contributed by atoms with Crippen molar-refractivity contribution in [2.24, 2.45) is 0 Å². The van der Waals surface area contributed by atoms with Crippen molar-refractivity contribution >= 4 is 10.0 Å². The standard InChI is InChI=1S/C19H21NO4S/c1-13(15-6-8-18-19(12-15)24-10-9-23-18)20-25(21,22)17-7-5-14-3-2-4-16(14)11-17/h5-8,11-13,20H,2-4,9-10H2,1H3/t13-/m1/s1. The summed E-state index contributed by atoms with van der Waals surface area (Å²) in [6.07, 6.45) is 3.09. The third kappa shape index (κ3) is 3.24. The summed E-state index contributed by atoms with van der Waals surface area (Å²) in [6, 6.07) is 10.6. The number of aryl methyl sites for hydroxylation is 2. The van der Waals surface area contributed by atoms with Crippen LogP contribution in [-0.4, -0.2) is 21.6 Å². The molecule has 2 aromatic rings. The molecule has 5 nitrogen and oxygen atoms in total. The molecule has 0 fully saturated rings. The Balaban J connectivity index is 1.56. The maximum absolute atomic E-state index is 12.7. The molecule has 25 heavy (non-hydrogen) atoms. The van der Waals surface area contributed by atoms with E-state index in [1.54, 1.807) is 12.1 Å². The van der Waals surface area contributed by atoms with E-state index < -0.39 is 10.0 Å². The van der Waals surface area contributed by atoms with Crippen LogP contribution in [0.25, 0.3) is 0 Å². The van der Waals surface area contributed by atoms with Gasteiger partial charge in [0.15, 0.2) is 11.5 Å². The first-order valence-electron chi connectivity index (χ1n) is 8.57. The van der Waals surface area contributed by atoms with Gasteiger partial charge in [0.2, 0.25) is 10.0 Å². The fraction of sp³-hybridized carbons (Fsp3) is 0.368. The molecule has 132 valence electrons. The Morgan fingerprint density at radius 1 is 0.960 bits per heavy atom. The summed E-state index contributed by atoms with van der Waals surface area (Å²) >= 11 is 0. The molecule has 0 saturated heterocycles. The quantitative estimate of drug-likeness (QED) is 0.911. The van der Waals surface area contributed by atoms with Gasteiger partial charge in [-0.3, -0.25) is 0 Å². The van der Waals surface area contributed by atoms with Crippen LogP contribution in [0, 0.1) is 0 Å². The van der Waals surface area contributed by atoms with Crippen molar-refractivity contribution in [2.45, 2.75) is 37.1 Å². The van der Waals surface area contributed by atoms with Crippen molar-refractivity contribution in [1.29, 1.82) is 0 Å². The highest BCUT2D eigenvalue weighted by molar-refractivity contribution is 7.89. The summed E-state index contributed by atoms with van der Waals surface area (Å²) in [5.41, 5.74) is 3.25. The van der Waals surface area contributed by atoms with Crippen LogP contribution in [0.2, 0.25) is 0 Å². The normalized spacial score (nSPS) is 17.2. The van der Waals surface area contributed by atoms with Crippen molar-refractivity contribution < 1.29 is 17.9 Å². The lowest BCUT2D eigenvalue weighted by Crippen LogP contribution is -2.27. The van der Waals surface area contributed by atoms with Crippen molar-refractivity contribution in [3.63, 3.8) is 0 Å². The maximum atomic E-state index is 12.7. The average Bonchev–Trinajstić information content (AvgIpc) is 3.08. The molecular weight excluding hydrogens is 338 g/mol. The van der Waals surface area contributed by atoms with Gasteiger partial charge < -0.3 is 9.47 Å². The smallest absolute Gasteiger partial charge is 0.241 e. The van der Waals surface area contributed by atoms with E-state index in [-0.39, 0.29) is 6.04 Å². The fourth-order valence-corrected chi connectivity index (χ4v) is 4.70. The predicted octanol–water partition coefficient (Wildman–Crippen LogP) is 2.99. The van der Waals surface area contributed by atoms with Crippen LogP contribution >= 0.6 is 0 Å². The molecule has 2 aliphatic rings. The summed E-state index contributed by atoms with van der Waals surface area (Å²) in [5.74, 6) is 1.36. The van der Waals surface area contributed by atoms with Crippen LogP contribution in [-0.2, 0) is 22.9 Å². The van der Waals surface area contributed by atoms with Crippen LogP contribution in [0.3, 0.4) is 0 Å². The molecule has 0 amide bonds. The first-order chi connectivity index (χ1) is 12.0. The lowest BCUT2D eigenvalue weighted by molar-refractivity contribution is 0.171. The molecule has 1 aliphatic carbocycles. The second kappa shape index (κ2) is 6.35. The van der Waals surface area contributed by atoms with E-state index in [1.807, 2.05) is 31.2 Å². The van der Waals surface area contributed by atoms with Crippen LogP contribution in [0.15, 0.2) is 41.3 Å². The van der Waals surface area contributed by atoms with Gasteiger partial charge in [-0.25, -0.2) is 13.1 Å². The van der Waals surface area contributed by atoms with Gasteiger partial charge in [0.25, 0.3) is 0 Å². The van der Waals surface area contributed by atoms with E-state index in [4.69, 9.17) is 9.47 Å². The molecule has 2 aromatic carbocycles. The molecule has 0 spiro atoms. The zero-order chi connectivity index (χ0) is 17.4. The number of nitrogens with one attached hydrogen (secondary N) is 1. The molecule has 1 N–H and O–H groups in total. The minimum absolute atomic E-state index is 0.331. The first-order valence-corrected chi connectivity index (χ1v) is 10.0. The summed E-state index contributed by atoms with van der Waals surface area (Å²) in [4.78, 5) is 0.331. The minimum atomic E-state index is -3.57. The third-order valence-electron chi connectivity index (χ3n) is 4.78. The number of fused-ring (bicyclic) bond motifs is 2. The molecule has 0 bridgehead atoms. The molecule has 0 aromatic heterocycles. The van der Waals surface area contributed by atoms with E-state index in [0.29, 0.717) is 29.6 Å². The topological polar surface area (TPSA) is 64.6 Å². The Bertz CT molecular complexity index is 908. The maximum Gasteiger partial charge on any atom is 0.241 e. The van der Waals surface area contributed by atoms with E-state index in [9.17, 15) is 8.42 Å². The zero-order valence-electron chi connectivity index (χ0n) is 14.1. The Hall–Kier alpha value is -2.05. The molecule has 1 heterocycles. The lowest BCUT2D eigenvalue weighted by Gasteiger charge is -2.21. The van der Waals surface area contributed by atoms with Crippen LogP contribution < -0.4 is 14.2 Å². The molecule has 1 atom stereocenters. The minimum Gasteiger partial charge on any atom is -0.486 e. The van der Waals surface area contributed by atoms with Crippen molar-refractivity contribution in [3.05, 3.63) is 53.1 Å². The van der Waals surface area contributed by atoms with Crippen molar-refractivity contribution in [3.8, 4) is 11.5 Å². The largest absolute Gasteiger partial charge is 0.486 e. The second-order valence-corrected chi connectivity index (χ2v) is 8.24. The first kappa shape index (κ1) is 16.4. The molecule has 0 radical (unpaired) electrons. The van der Waals surface area contributed by atoms with Crippen molar-refractivity contribution in [2.75, 3.05) is 13.2 Å². The average molecular weight is 359 g/mol. The predicted molar refractivity (Wildman–Crippen MR) is 94.6 cm³/mol. The van der Waals surface area contributed by atoms with Crippen LogP contribution in [0.1, 0.15) is 36.1 Å². The molecule has 6 heteroatoms. The van der Waals surface area contributed by atoms with E-state index in [1.165, 1.54) is 5.56 Å². The van der Waals surface area contributed by atoms with E-state index >= 15 is 0 Å². The highest BCUT2D eigenvalue weighted by Crippen LogP contribution is 2.33. The zero-order valence-corrected chi connectivity index (χ0v) is 14.9. The van der Waals surface area contributed by atoms with Gasteiger partial charge >= 0.3 is 0 Å².